The molecule has 7 heteroatoms. The van der Waals surface area contributed by atoms with Crippen LogP contribution in [0.25, 0.3) is 6.08 Å². The van der Waals surface area contributed by atoms with E-state index in [1.807, 2.05) is 12.1 Å². The van der Waals surface area contributed by atoms with Gasteiger partial charge in [-0.25, -0.2) is 0 Å². The van der Waals surface area contributed by atoms with E-state index in [0.717, 1.165) is 0 Å². The number of nitriles is 1. The number of ether oxygens (including phenoxy) is 2. The van der Waals surface area contributed by atoms with Gasteiger partial charge >= 0.3 is 0 Å². The van der Waals surface area contributed by atoms with Crippen LogP contribution in [0.2, 0.25) is 0 Å². The van der Waals surface area contributed by atoms with Gasteiger partial charge in [0.15, 0.2) is 6.61 Å². The van der Waals surface area contributed by atoms with Gasteiger partial charge in [0.1, 0.15) is 23.1 Å². The summed E-state index contributed by atoms with van der Waals surface area (Å²) in [4.78, 5) is 24.4. The zero-order valence-electron chi connectivity index (χ0n) is 17.4. The summed E-state index contributed by atoms with van der Waals surface area (Å²) >= 11 is 0. The highest BCUT2D eigenvalue weighted by molar-refractivity contribution is 6.09. The number of rotatable bonds is 8. The molecular formula is C25H21N3O4. The minimum absolute atomic E-state index is 0.0265. The third-order valence-corrected chi connectivity index (χ3v) is 4.33. The number of hydrogen-bond acceptors (Lipinski definition) is 5. The van der Waals surface area contributed by atoms with Crippen LogP contribution in [0.5, 0.6) is 11.5 Å². The second-order valence-electron chi connectivity index (χ2n) is 6.62. The summed E-state index contributed by atoms with van der Waals surface area (Å²) in [6.45, 7) is -0.163. The maximum Gasteiger partial charge on any atom is 0.266 e. The third kappa shape index (κ3) is 6.47. The fourth-order valence-electron chi connectivity index (χ4n) is 2.72. The molecule has 0 bridgehead atoms. The van der Waals surface area contributed by atoms with E-state index in [4.69, 9.17) is 9.47 Å². The molecule has 3 rings (SSSR count). The summed E-state index contributed by atoms with van der Waals surface area (Å²) in [7, 11) is 1.57. The van der Waals surface area contributed by atoms with Crippen LogP contribution in [-0.4, -0.2) is 25.5 Å². The van der Waals surface area contributed by atoms with Crippen LogP contribution in [0.15, 0.2) is 84.4 Å². The molecule has 2 N–H and O–H groups in total. The van der Waals surface area contributed by atoms with Crippen LogP contribution in [0, 0.1) is 11.3 Å². The lowest BCUT2D eigenvalue weighted by Crippen LogP contribution is -2.20. The first-order valence-electron chi connectivity index (χ1n) is 9.72. The van der Waals surface area contributed by atoms with E-state index >= 15 is 0 Å². The molecule has 0 aliphatic carbocycles. The number of amides is 2. The average molecular weight is 427 g/mol. The first-order chi connectivity index (χ1) is 15.6. The number of methoxy groups -OCH3 is 1. The number of benzene rings is 3. The number of nitrogens with zero attached hydrogens (tertiary/aromatic N) is 1. The minimum Gasteiger partial charge on any atom is -0.497 e. The van der Waals surface area contributed by atoms with Crippen LogP contribution in [0.3, 0.4) is 0 Å². The first kappa shape index (κ1) is 22.1. The Labute approximate surface area is 185 Å². The molecule has 0 atom stereocenters. The quantitative estimate of drug-likeness (QED) is 0.413. The Balaban J connectivity index is 1.54. The Kier molecular flexibility index (Phi) is 7.60. The van der Waals surface area contributed by atoms with Crippen LogP contribution in [0.1, 0.15) is 5.56 Å². The molecule has 32 heavy (non-hydrogen) atoms. The summed E-state index contributed by atoms with van der Waals surface area (Å²) in [5.74, 6) is 0.391. The summed E-state index contributed by atoms with van der Waals surface area (Å²) in [5.41, 5.74) is 1.87. The van der Waals surface area contributed by atoms with Crippen molar-refractivity contribution in [3.8, 4) is 17.6 Å². The second kappa shape index (κ2) is 11.0. The van der Waals surface area contributed by atoms with Gasteiger partial charge in [-0.05, 0) is 60.2 Å². The zero-order chi connectivity index (χ0) is 22.8. The van der Waals surface area contributed by atoms with Crippen molar-refractivity contribution >= 4 is 29.3 Å². The fraction of sp³-hybridized carbons (Fsp3) is 0.0800. The lowest BCUT2D eigenvalue weighted by molar-refractivity contribution is -0.118. The number of nitrogens with one attached hydrogen (secondary N) is 2. The number of carbonyl (C=O) groups excluding carboxylic acids is 2. The van der Waals surface area contributed by atoms with Crippen LogP contribution >= 0.6 is 0 Å². The molecule has 3 aromatic carbocycles. The van der Waals surface area contributed by atoms with E-state index in [-0.39, 0.29) is 18.1 Å². The van der Waals surface area contributed by atoms with Crippen molar-refractivity contribution in [1.82, 2.24) is 0 Å². The third-order valence-electron chi connectivity index (χ3n) is 4.33. The summed E-state index contributed by atoms with van der Waals surface area (Å²) in [5, 5.41) is 14.7. The first-order valence-corrected chi connectivity index (χ1v) is 9.72. The van der Waals surface area contributed by atoms with Gasteiger partial charge in [-0.15, -0.1) is 0 Å². The normalized spacial score (nSPS) is 10.6. The molecule has 0 saturated carbocycles. The van der Waals surface area contributed by atoms with E-state index in [1.54, 1.807) is 79.9 Å². The molecule has 0 aromatic heterocycles. The minimum atomic E-state index is -0.491. The van der Waals surface area contributed by atoms with Crippen molar-refractivity contribution in [2.24, 2.45) is 0 Å². The highest BCUT2D eigenvalue weighted by Gasteiger charge is 2.10. The van der Waals surface area contributed by atoms with Gasteiger partial charge in [0.05, 0.1) is 7.11 Å². The molecule has 160 valence electrons. The highest BCUT2D eigenvalue weighted by Crippen LogP contribution is 2.17. The van der Waals surface area contributed by atoms with E-state index in [9.17, 15) is 14.9 Å². The molecule has 0 unspecified atom stereocenters. The van der Waals surface area contributed by atoms with Crippen molar-refractivity contribution in [2.75, 3.05) is 24.4 Å². The maximum absolute atomic E-state index is 12.3. The Morgan fingerprint density at radius 2 is 1.50 bits per heavy atom. The van der Waals surface area contributed by atoms with Crippen molar-refractivity contribution in [3.63, 3.8) is 0 Å². The largest absolute Gasteiger partial charge is 0.497 e. The molecule has 0 saturated heterocycles. The van der Waals surface area contributed by atoms with Crippen molar-refractivity contribution in [3.05, 3.63) is 90.0 Å². The molecule has 0 spiro atoms. The Hall–Kier alpha value is -4.57. The smallest absolute Gasteiger partial charge is 0.266 e. The molecule has 0 radical (unpaired) electrons. The van der Waals surface area contributed by atoms with Gasteiger partial charge < -0.3 is 20.1 Å². The Bertz CT molecular complexity index is 1130. The number of anilines is 2. The van der Waals surface area contributed by atoms with Crippen LogP contribution in [0.4, 0.5) is 11.4 Å². The van der Waals surface area contributed by atoms with Gasteiger partial charge in [0.2, 0.25) is 0 Å². The molecular weight excluding hydrogens is 406 g/mol. The van der Waals surface area contributed by atoms with E-state index in [0.29, 0.717) is 28.4 Å². The predicted octanol–water partition coefficient (Wildman–Crippen LogP) is 4.26. The average Bonchev–Trinajstić information content (AvgIpc) is 2.83. The van der Waals surface area contributed by atoms with Gasteiger partial charge in [0, 0.05) is 11.4 Å². The lowest BCUT2D eigenvalue weighted by atomic mass is 10.1. The number of para-hydroxylation sites is 1. The summed E-state index contributed by atoms with van der Waals surface area (Å²) in [6, 6.07) is 24.5. The SMILES string of the molecule is COc1ccc(NC(=O)COc2ccc(/C=C(\C#N)C(=O)Nc3ccccc3)cc2)cc1. The van der Waals surface area contributed by atoms with E-state index < -0.39 is 5.91 Å². The molecule has 7 nitrogen and oxygen atoms in total. The van der Waals surface area contributed by atoms with Crippen LogP contribution < -0.4 is 20.1 Å². The number of hydrogen-bond donors (Lipinski definition) is 2. The van der Waals surface area contributed by atoms with Gasteiger partial charge in [-0.2, -0.15) is 5.26 Å². The molecule has 0 aliphatic heterocycles. The molecule has 2 amide bonds. The monoisotopic (exact) mass is 427 g/mol. The highest BCUT2D eigenvalue weighted by atomic mass is 16.5. The molecule has 3 aromatic rings. The van der Waals surface area contributed by atoms with E-state index in [1.165, 1.54) is 6.08 Å². The van der Waals surface area contributed by atoms with Gasteiger partial charge in [0.25, 0.3) is 11.8 Å². The summed E-state index contributed by atoms with van der Waals surface area (Å²) in [6.07, 6.45) is 1.48. The topological polar surface area (TPSA) is 100 Å². The molecule has 0 aliphatic rings. The zero-order valence-corrected chi connectivity index (χ0v) is 17.4. The molecule has 0 fully saturated rings. The van der Waals surface area contributed by atoms with Gasteiger partial charge in [-0.1, -0.05) is 30.3 Å². The maximum atomic E-state index is 12.3. The van der Waals surface area contributed by atoms with Crippen molar-refractivity contribution in [2.45, 2.75) is 0 Å². The van der Waals surface area contributed by atoms with Crippen molar-refractivity contribution < 1.29 is 19.1 Å². The van der Waals surface area contributed by atoms with Gasteiger partial charge in [-0.3, -0.25) is 9.59 Å². The van der Waals surface area contributed by atoms with Crippen LogP contribution in [-0.2, 0) is 9.59 Å². The Morgan fingerprint density at radius 3 is 2.12 bits per heavy atom. The Morgan fingerprint density at radius 1 is 0.875 bits per heavy atom. The standard InChI is InChI=1S/C25H21N3O4/c1-31-22-13-9-21(10-14-22)27-24(29)17-32-23-11-7-18(8-12-23)15-19(16-26)25(30)28-20-5-3-2-4-6-20/h2-15H,17H2,1H3,(H,27,29)(H,28,30)/b19-15+. The lowest BCUT2D eigenvalue weighted by Gasteiger charge is -2.08. The van der Waals surface area contributed by atoms with Crippen molar-refractivity contribution in [1.29, 1.82) is 5.26 Å². The molecule has 0 heterocycles. The predicted molar refractivity (Wildman–Crippen MR) is 122 cm³/mol. The van der Waals surface area contributed by atoms with E-state index in [2.05, 4.69) is 10.6 Å². The fourth-order valence-corrected chi connectivity index (χ4v) is 2.72. The number of carbonyl (C=O) groups is 2. The summed E-state index contributed by atoms with van der Waals surface area (Å²) < 4.78 is 10.6. The second-order valence-corrected chi connectivity index (χ2v) is 6.62.